The third-order valence-electron chi connectivity index (χ3n) is 3.11. The van der Waals surface area contributed by atoms with Crippen LogP contribution in [0.3, 0.4) is 0 Å². The van der Waals surface area contributed by atoms with Crippen molar-refractivity contribution < 1.29 is 14.7 Å². The molecule has 1 aromatic rings. The third kappa shape index (κ3) is 3.65. The van der Waals surface area contributed by atoms with Crippen LogP contribution in [0, 0.1) is 5.92 Å². The van der Waals surface area contributed by atoms with Crippen LogP contribution in [0.2, 0.25) is 5.02 Å². The maximum absolute atomic E-state index is 12.1. The van der Waals surface area contributed by atoms with Gasteiger partial charge in [0, 0.05) is 5.02 Å². The summed E-state index contributed by atoms with van der Waals surface area (Å²) in [5, 5.41) is 12.2. The summed E-state index contributed by atoms with van der Waals surface area (Å²) < 4.78 is 0. The highest BCUT2D eigenvalue weighted by Crippen LogP contribution is 2.29. The summed E-state index contributed by atoms with van der Waals surface area (Å²) in [6.07, 6.45) is 6.10. The fraction of sp³-hybridized carbons (Fsp3) is 0.200. The third-order valence-corrected chi connectivity index (χ3v) is 3.94. The Morgan fingerprint density at radius 2 is 2.00 bits per heavy atom. The Morgan fingerprint density at radius 3 is 2.67 bits per heavy atom. The van der Waals surface area contributed by atoms with Crippen LogP contribution in [0.4, 0.5) is 0 Å². The quantitative estimate of drug-likeness (QED) is 0.660. The van der Waals surface area contributed by atoms with E-state index in [1.807, 2.05) is 0 Å². The average molecular weight is 326 g/mol. The van der Waals surface area contributed by atoms with Crippen molar-refractivity contribution >= 4 is 35.1 Å². The van der Waals surface area contributed by atoms with E-state index in [0.717, 1.165) is 0 Å². The van der Waals surface area contributed by atoms with Crippen molar-refractivity contribution in [3.8, 4) is 0 Å². The molecule has 1 aliphatic carbocycles. The minimum absolute atomic E-state index is 0.0258. The minimum Gasteiger partial charge on any atom is -0.481 e. The zero-order valence-corrected chi connectivity index (χ0v) is 12.4. The van der Waals surface area contributed by atoms with E-state index >= 15 is 0 Å². The number of allylic oxidation sites excluding steroid dienone is 2. The summed E-state index contributed by atoms with van der Waals surface area (Å²) in [5.41, 5.74) is 0.652. The van der Waals surface area contributed by atoms with Crippen LogP contribution in [-0.2, 0) is 16.0 Å². The van der Waals surface area contributed by atoms with Crippen molar-refractivity contribution in [1.82, 2.24) is 5.32 Å². The molecule has 110 valence electrons. The molecule has 2 rings (SSSR count). The molecule has 0 saturated carbocycles. The predicted molar refractivity (Wildman–Crippen MR) is 81.3 cm³/mol. The lowest BCUT2D eigenvalue weighted by atomic mass is 9.94. The maximum Gasteiger partial charge on any atom is 0.314 e. The van der Waals surface area contributed by atoms with Crippen LogP contribution in [0.25, 0.3) is 0 Å². The number of alkyl halides is 1. The average Bonchev–Trinajstić information content (AvgIpc) is 2.41. The molecule has 0 aromatic heterocycles. The Bertz CT molecular complexity index is 627. The lowest BCUT2D eigenvalue weighted by Crippen LogP contribution is -2.51. The standard InChI is InChI=1S/C15H13Cl2NO3/c16-12-7-2-1-5-10(12)9-13(19)18-15(17)8-4-3-6-11(15)14(20)21/h1-8,11H,9H2,(H,18,19)(H,20,21). The van der Waals surface area contributed by atoms with Crippen LogP contribution < -0.4 is 5.32 Å². The first-order chi connectivity index (χ1) is 9.92. The molecule has 1 amide bonds. The van der Waals surface area contributed by atoms with Crippen LogP contribution in [0.1, 0.15) is 5.56 Å². The second-order valence-electron chi connectivity index (χ2n) is 4.64. The van der Waals surface area contributed by atoms with Gasteiger partial charge in [-0.3, -0.25) is 9.59 Å². The topological polar surface area (TPSA) is 66.4 Å². The zero-order chi connectivity index (χ0) is 15.5. The molecular weight excluding hydrogens is 313 g/mol. The lowest BCUT2D eigenvalue weighted by molar-refractivity contribution is -0.141. The van der Waals surface area contributed by atoms with E-state index in [2.05, 4.69) is 5.32 Å². The Balaban J connectivity index is 2.11. The highest BCUT2D eigenvalue weighted by Gasteiger charge is 2.40. The van der Waals surface area contributed by atoms with Gasteiger partial charge in [0.05, 0.1) is 6.42 Å². The Kier molecular flexibility index (Phi) is 4.70. The number of nitrogens with one attached hydrogen (secondary N) is 1. The van der Waals surface area contributed by atoms with Gasteiger partial charge < -0.3 is 10.4 Å². The molecule has 2 N–H and O–H groups in total. The summed E-state index contributed by atoms with van der Waals surface area (Å²) in [4.78, 5) is 21.8. The number of rotatable bonds is 4. The molecule has 1 aromatic carbocycles. The Hall–Kier alpha value is -1.78. The van der Waals surface area contributed by atoms with Gasteiger partial charge in [0.2, 0.25) is 5.91 Å². The normalized spacial score (nSPS) is 23.8. The van der Waals surface area contributed by atoms with Gasteiger partial charge in [-0.2, -0.15) is 0 Å². The molecule has 0 saturated heterocycles. The Morgan fingerprint density at radius 1 is 1.29 bits per heavy atom. The van der Waals surface area contributed by atoms with Gasteiger partial charge in [-0.05, 0) is 17.7 Å². The molecule has 0 aliphatic heterocycles. The zero-order valence-electron chi connectivity index (χ0n) is 10.9. The molecule has 4 nitrogen and oxygen atoms in total. The molecule has 0 heterocycles. The highest BCUT2D eigenvalue weighted by molar-refractivity contribution is 6.31. The fourth-order valence-corrected chi connectivity index (χ4v) is 2.62. The van der Waals surface area contributed by atoms with Crippen molar-refractivity contribution in [2.24, 2.45) is 5.92 Å². The van der Waals surface area contributed by atoms with Gasteiger partial charge in [0.1, 0.15) is 5.92 Å². The van der Waals surface area contributed by atoms with E-state index in [-0.39, 0.29) is 6.42 Å². The van der Waals surface area contributed by atoms with E-state index in [4.69, 9.17) is 23.2 Å². The summed E-state index contributed by atoms with van der Waals surface area (Å²) in [5.74, 6) is -2.53. The summed E-state index contributed by atoms with van der Waals surface area (Å²) in [6.45, 7) is 0. The number of carboxylic acids is 1. The summed E-state index contributed by atoms with van der Waals surface area (Å²) in [7, 11) is 0. The van der Waals surface area contributed by atoms with Crippen LogP contribution >= 0.6 is 23.2 Å². The number of hydrogen-bond donors (Lipinski definition) is 2. The van der Waals surface area contributed by atoms with Crippen molar-refractivity contribution in [2.45, 2.75) is 11.4 Å². The van der Waals surface area contributed by atoms with Gasteiger partial charge in [-0.25, -0.2) is 0 Å². The molecule has 1 aliphatic rings. The molecule has 2 atom stereocenters. The van der Waals surface area contributed by atoms with Gasteiger partial charge in [0.15, 0.2) is 5.00 Å². The second kappa shape index (κ2) is 6.33. The molecule has 0 fully saturated rings. The van der Waals surface area contributed by atoms with E-state index in [1.54, 1.807) is 36.4 Å². The molecule has 2 unspecified atom stereocenters. The van der Waals surface area contributed by atoms with E-state index in [0.29, 0.717) is 10.6 Å². The molecule has 6 heteroatoms. The van der Waals surface area contributed by atoms with Crippen LogP contribution in [0.15, 0.2) is 48.6 Å². The minimum atomic E-state index is -1.47. The number of amides is 1. The monoisotopic (exact) mass is 325 g/mol. The predicted octanol–water partition coefficient (Wildman–Crippen LogP) is 2.76. The Labute approximate surface area is 132 Å². The number of aliphatic carboxylic acids is 1. The molecule has 0 bridgehead atoms. The first kappa shape index (κ1) is 15.6. The van der Waals surface area contributed by atoms with Crippen LogP contribution in [-0.4, -0.2) is 22.0 Å². The molecule has 21 heavy (non-hydrogen) atoms. The van der Waals surface area contributed by atoms with Crippen molar-refractivity contribution in [3.63, 3.8) is 0 Å². The van der Waals surface area contributed by atoms with Gasteiger partial charge >= 0.3 is 5.97 Å². The van der Waals surface area contributed by atoms with E-state index in [9.17, 15) is 14.7 Å². The highest BCUT2D eigenvalue weighted by atomic mass is 35.5. The number of halogens is 2. The van der Waals surface area contributed by atoms with Crippen molar-refractivity contribution in [3.05, 3.63) is 59.2 Å². The van der Waals surface area contributed by atoms with Gasteiger partial charge in [-0.1, -0.05) is 59.6 Å². The van der Waals surface area contributed by atoms with E-state index < -0.39 is 22.8 Å². The van der Waals surface area contributed by atoms with Gasteiger partial charge in [0.25, 0.3) is 0 Å². The van der Waals surface area contributed by atoms with Gasteiger partial charge in [-0.15, -0.1) is 0 Å². The van der Waals surface area contributed by atoms with E-state index in [1.165, 1.54) is 12.2 Å². The largest absolute Gasteiger partial charge is 0.481 e. The maximum atomic E-state index is 12.1. The lowest BCUT2D eigenvalue weighted by Gasteiger charge is -2.31. The van der Waals surface area contributed by atoms with Crippen LogP contribution in [0.5, 0.6) is 0 Å². The fourth-order valence-electron chi connectivity index (χ4n) is 2.07. The van der Waals surface area contributed by atoms with Crippen molar-refractivity contribution in [1.29, 1.82) is 0 Å². The number of benzene rings is 1. The molecule has 0 spiro atoms. The summed E-state index contributed by atoms with van der Waals surface area (Å²) in [6, 6.07) is 6.95. The number of carboxylic acid groups (broad SMARTS) is 1. The second-order valence-corrected chi connectivity index (χ2v) is 5.68. The number of carbonyl (C=O) groups excluding carboxylic acids is 1. The molecular formula is C15H13Cl2NO3. The smallest absolute Gasteiger partial charge is 0.314 e. The SMILES string of the molecule is O=C(Cc1ccccc1Cl)NC1(Cl)C=CC=CC1C(=O)O. The number of carbonyl (C=O) groups is 2. The number of hydrogen-bond acceptors (Lipinski definition) is 2. The van der Waals surface area contributed by atoms with Crippen molar-refractivity contribution in [2.75, 3.05) is 0 Å². The first-order valence-electron chi connectivity index (χ1n) is 6.24. The molecule has 0 radical (unpaired) electrons. The first-order valence-corrected chi connectivity index (χ1v) is 7.00. The summed E-state index contributed by atoms with van der Waals surface area (Å²) >= 11 is 12.2.